The molecule has 0 aliphatic carbocycles. The predicted molar refractivity (Wildman–Crippen MR) is 51.8 cm³/mol. The lowest BCUT2D eigenvalue weighted by molar-refractivity contribution is 0.579. The summed E-state index contributed by atoms with van der Waals surface area (Å²) in [5.41, 5.74) is 6.12. The van der Waals surface area contributed by atoms with E-state index in [1.807, 2.05) is 0 Å². The Morgan fingerprint density at radius 3 is 2.33 bits per heavy atom. The first-order valence-corrected chi connectivity index (χ1v) is 4.21. The van der Waals surface area contributed by atoms with E-state index in [1.54, 1.807) is 0 Å². The van der Waals surface area contributed by atoms with Crippen molar-refractivity contribution < 1.29 is 8.78 Å². The van der Waals surface area contributed by atoms with Gasteiger partial charge in [0.05, 0.1) is 11.4 Å². The van der Waals surface area contributed by atoms with Crippen molar-refractivity contribution in [1.82, 2.24) is 9.97 Å². The van der Waals surface area contributed by atoms with Crippen molar-refractivity contribution in [2.24, 2.45) is 0 Å². The molecule has 0 aliphatic rings. The summed E-state index contributed by atoms with van der Waals surface area (Å²) in [4.78, 5) is 7.14. The number of pyridine rings is 2. The maximum Gasteiger partial charge on any atom is 0.215 e. The summed E-state index contributed by atoms with van der Waals surface area (Å²) in [6, 6.07) is 6.73. The summed E-state index contributed by atoms with van der Waals surface area (Å²) >= 11 is 0. The van der Waals surface area contributed by atoms with E-state index >= 15 is 0 Å². The molecule has 0 atom stereocenters. The summed E-state index contributed by atoms with van der Waals surface area (Å²) in [6.45, 7) is 0. The van der Waals surface area contributed by atoms with E-state index in [9.17, 15) is 8.78 Å². The number of hydrogen-bond acceptors (Lipinski definition) is 3. The molecule has 2 aromatic rings. The molecular formula is C10H7F2N3. The van der Waals surface area contributed by atoms with Crippen LogP contribution in [-0.4, -0.2) is 9.97 Å². The smallest absolute Gasteiger partial charge is 0.215 e. The Morgan fingerprint density at radius 1 is 0.933 bits per heavy atom. The second kappa shape index (κ2) is 3.61. The van der Waals surface area contributed by atoms with Gasteiger partial charge in [-0.25, -0.2) is 9.97 Å². The first kappa shape index (κ1) is 9.51. The molecule has 2 N–H and O–H groups in total. The highest BCUT2D eigenvalue weighted by molar-refractivity contribution is 5.58. The highest BCUT2D eigenvalue weighted by Gasteiger charge is 2.05. The van der Waals surface area contributed by atoms with E-state index in [-0.39, 0.29) is 17.1 Å². The van der Waals surface area contributed by atoms with Gasteiger partial charge in [0.15, 0.2) is 0 Å². The lowest BCUT2D eigenvalue weighted by Gasteiger charge is -2.01. The molecule has 2 aromatic heterocycles. The molecule has 0 unspecified atom stereocenters. The number of hydrogen-bond donors (Lipinski definition) is 1. The third-order valence-electron chi connectivity index (χ3n) is 1.79. The minimum absolute atomic E-state index is 0.215. The van der Waals surface area contributed by atoms with Crippen molar-refractivity contribution in [2.45, 2.75) is 0 Å². The second-order valence-electron chi connectivity index (χ2n) is 2.95. The Kier molecular flexibility index (Phi) is 2.29. The van der Waals surface area contributed by atoms with E-state index in [0.29, 0.717) is 0 Å². The van der Waals surface area contributed by atoms with Crippen LogP contribution in [0.3, 0.4) is 0 Å². The maximum absolute atomic E-state index is 12.9. The van der Waals surface area contributed by atoms with Crippen molar-refractivity contribution in [3.63, 3.8) is 0 Å². The molecule has 0 aliphatic heterocycles. The summed E-state index contributed by atoms with van der Waals surface area (Å²) in [6.07, 6.45) is 0. The third-order valence-corrected chi connectivity index (χ3v) is 1.79. The highest BCUT2D eigenvalue weighted by atomic mass is 19.1. The zero-order valence-corrected chi connectivity index (χ0v) is 7.61. The van der Waals surface area contributed by atoms with E-state index in [2.05, 4.69) is 9.97 Å². The topological polar surface area (TPSA) is 51.8 Å². The molecular weight excluding hydrogens is 200 g/mol. The molecule has 2 heterocycles. The molecule has 15 heavy (non-hydrogen) atoms. The predicted octanol–water partition coefficient (Wildman–Crippen LogP) is 2.00. The van der Waals surface area contributed by atoms with Crippen molar-refractivity contribution >= 4 is 5.69 Å². The van der Waals surface area contributed by atoms with Crippen LogP contribution in [0.5, 0.6) is 0 Å². The largest absolute Gasteiger partial charge is 0.399 e. The number of nitrogen functional groups attached to an aromatic ring is 1. The van der Waals surface area contributed by atoms with E-state index in [1.165, 1.54) is 24.3 Å². The average Bonchev–Trinajstić information content (AvgIpc) is 2.16. The molecule has 0 spiro atoms. The monoisotopic (exact) mass is 207 g/mol. The Balaban J connectivity index is 2.54. The van der Waals surface area contributed by atoms with Crippen molar-refractivity contribution in [1.29, 1.82) is 0 Å². The zero-order chi connectivity index (χ0) is 10.8. The van der Waals surface area contributed by atoms with Crippen LogP contribution in [-0.2, 0) is 0 Å². The molecule has 0 aromatic carbocycles. The third kappa shape index (κ3) is 2.07. The first-order valence-electron chi connectivity index (χ1n) is 4.21. The normalized spacial score (nSPS) is 10.3. The lowest BCUT2D eigenvalue weighted by atomic mass is 10.2. The quantitative estimate of drug-likeness (QED) is 0.727. The van der Waals surface area contributed by atoms with Gasteiger partial charge in [0.1, 0.15) is 0 Å². The molecule has 0 bridgehead atoms. The Morgan fingerprint density at radius 2 is 1.67 bits per heavy atom. The van der Waals surface area contributed by atoms with Gasteiger partial charge in [-0.15, -0.1) is 0 Å². The van der Waals surface area contributed by atoms with Gasteiger partial charge in [-0.3, -0.25) is 0 Å². The van der Waals surface area contributed by atoms with Gasteiger partial charge in [-0.2, -0.15) is 8.78 Å². The van der Waals surface area contributed by atoms with Gasteiger partial charge in [0.2, 0.25) is 11.9 Å². The van der Waals surface area contributed by atoms with Crippen LogP contribution in [0.4, 0.5) is 14.5 Å². The number of anilines is 1. The standard InChI is InChI=1S/C10H7F2N3/c11-9-3-1-2-7(14-9)8-4-6(13)5-10(12)15-8/h1-5H,(H2,13,15). The molecule has 0 amide bonds. The Bertz CT molecular complexity index is 480. The van der Waals surface area contributed by atoms with Crippen LogP contribution in [0.1, 0.15) is 0 Å². The van der Waals surface area contributed by atoms with Crippen LogP contribution >= 0.6 is 0 Å². The fourth-order valence-corrected chi connectivity index (χ4v) is 1.20. The summed E-state index contributed by atoms with van der Waals surface area (Å²) in [5, 5.41) is 0. The van der Waals surface area contributed by atoms with Gasteiger partial charge < -0.3 is 5.73 Å². The SMILES string of the molecule is Nc1cc(F)nc(-c2cccc(F)n2)c1. The van der Waals surface area contributed by atoms with E-state index in [4.69, 9.17) is 5.73 Å². The summed E-state index contributed by atoms with van der Waals surface area (Å²) in [7, 11) is 0. The Labute approximate surface area is 84.6 Å². The van der Waals surface area contributed by atoms with Gasteiger partial charge in [0.25, 0.3) is 0 Å². The number of rotatable bonds is 1. The van der Waals surface area contributed by atoms with Crippen LogP contribution in [0, 0.1) is 11.9 Å². The van der Waals surface area contributed by atoms with Crippen LogP contribution < -0.4 is 5.73 Å². The minimum Gasteiger partial charge on any atom is -0.399 e. The molecule has 3 nitrogen and oxygen atoms in total. The lowest BCUT2D eigenvalue weighted by Crippen LogP contribution is -1.95. The number of nitrogens with zero attached hydrogens (tertiary/aromatic N) is 2. The van der Waals surface area contributed by atoms with Gasteiger partial charge in [-0.05, 0) is 18.2 Å². The first-order chi connectivity index (χ1) is 7.15. The average molecular weight is 207 g/mol. The fraction of sp³-hybridized carbons (Fsp3) is 0. The van der Waals surface area contributed by atoms with Crippen molar-refractivity contribution in [2.75, 3.05) is 5.73 Å². The zero-order valence-electron chi connectivity index (χ0n) is 7.61. The minimum atomic E-state index is -0.712. The van der Waals surface area contributed by atoms with Crippen molar-refractivity contribution in [3.8, 4) is 11.4 Å². The molecule has 5 heteroatoms. The molecule has 0 fully saturated rings. The van der Waals surface area contributed by atoms with Gasteiger partial charge in [0, 0.05) is 11.8 Å². The second-order valence-corrected chi connectivity index (χ2v) is 2.95. The number of aromatic nitrogens is 2. The Hall–Kier alpha value is -2.04. The summed E-state index contributed by atoms with van der Waals surface area (Å²) in [5.74, 6) is -1.35. The van der Waals surface area contributed by atoms with Crippen LogP contribution in [0.25, 0.3) is 11.4 Å². The number of nitrogens with two attached hydrogens (primary N) is 1. The van der Waals surface area contributed by atoms with E-state index in [0.717, 1.165) is 6.07 Å². The molecule has 76 valence electrons. The van der Waals surface area contributed by atoms with Gasteiger partial charge in [-0.1, -0.05) is 6.07 Å². The van der Waals surface area contributed by atoms with Crippen LogP contribution in [0.15, 0.2) is 30.3 Å². The fourth-order valence-electron chi connectivity index (χ4n) is 1.20. The van der Waals surface area contributed by atoms with Gasteiger partial charge >= 0.3 is 0 Å². The number of halogens is 2. The van der Waals surface area contributed by atoms with E-state index < -0.39 is 11.9 Å². The molecule has 0 saturated heterocycles. The summed E-state index contributed by atoms with van der Waals surface area (Å²) < 4.78 is 25.7. The molecule has 0 saturated carbocycles. The van der Waals surface area contributed by atoms with Crippen LogP contribution in [0.2, 0.25) is 0 Å². The van der Waals surface area contributed by atoms with Crippen molar-refractivity contribution in [3.05, 3.63) is 42.2 Å². The maximum atomic E-state index is 12.9. The molecule has 0 radical (unpaired) electrons. The highest BCUT2D eigenvalue weighted by Crippen LogP contribution is 2.17. The molecule has 2 rings (SSSR count).